The number of nitrogens with zero attached hydrogens (tertiary/aromatic N) is 1. The number of thioether (sulfide) groups is 1. The molecule has 2 rings (SSSR count). The van der Waals surface area contributed by atoms with Crippen molar-refractivity contribution in [3.8, 4) is 0 Å². The van der Waals surface area contributed by atoms with Gasteiger partial charge in [0.05, 0.1) is 5.92 Å². The Balaban J connectivity index is 2.08. The van der Waals surface area contributed by atoms with Gasteiger partial charge in [-0.3, -0.25) is 4.79 Å². The second kappa shape index (κ2) is 5.27. The number of carboxylic acid groups (broad SMARTS) is 1. The fraction of sp³-hybridized carbons (Fsp3) is 0.818. The van der Waals surface area contributed by atoms with Crippen molar-refractivity contribution in [1.29, 1.82) is 0 Å². The molecular formula is C11H18N2O3S. The summed E-state index contributed by atoms with van der Waals surface area (Å²) in [6.07, 6.45) is 0. The average molecular weight is 258 g/mol. The first kappa shape index (κ1) is 12.7. The summed E-state index contributed by atoms with van der Waals surface area (Å²) >= 11 is 1.61. The summed E-state index contributed by atoms with van der Waals surface area (Å²) in [6.45, 7) is 4.12. The van der Waals surface area contributed by atoms with Gasteiger partial charge in [-0.25, -0.2) is 4.79 Å². The largest absolute Gasteiger partial charge is 0.480 e. The lowest BCUT2D eigenvalue weighted by molar-refractivity contribution is -0.151. The highest BCUT2D eigenvalue weighted by Gasteiger charge is 2.39. The first-order valence-corrected chi connectivity index (χ1v) is 7.08. The van der Waals surface area contributed by atoms with Gasteiger partial charge in [0, 0.05) is 24.6 Å². The van der Waals surface area contributed by atoms with Gasteiger partial charge in [-0.2, -0.15) is 11.8 Å². The van der Waals surface area contributed by atoms with Crippen LogP contribution in [0.15, 0.2) is 0 Å². The van der Waals surface area contributed by atoms with Crippen molar-refractivity contribution in [1.82, 2.24) is 10.2 Å². The molecule has 2 N–H and O–H groups in total. The van der Waals surface area contributed by atoms with E-state index in [0.29, 0.717) is 24.8 Å². The maximum absolute atomic E-state index is 12.3. The number of hydrogen-bond acceptors (Lipinski definition) is 4. The molecule has 0 aliphatic carbocycles. The summed E-state index contributed by atoms with van der Waals surface area (Å²) in [5, 5.41) is 12.3. The third kappa shape index (κ3) is 2.57. The van der Waals surface area contributed by atoms with E-state index >= 15 is 0 Å². The van der Waals surface area contributed by atoms with Gasteiger partial charge in [0.25, 0.3) is 0 Å². The molecule has 2 saturated heterocycles. The van der Waals surface area contributed by atoms with Crippen molar-refractivity contribution in [2.24, 2.45) is 11.8 Å². The Bertz CT molecular complexity index is 324. The topological polar surface area (TPSA) is 69.6 Å². The predicted molar refractivity (Wildman–Crippen MR) is 66.0 cm³/mol. The van der Waals surface area contributed by atoms with Crippen LogP contribution in [0.2, 0.25) is 0 Å². The Kier molecular flexibility index (Phi) is 3.93. The fourth-order valence-electron chi connectivity index (χ4n) is 2.43. The fourth-order valence-corrected chi connectivity index (χ4v) is 3.46. The molecule has 1 unspecified atom stereocenters. The van der Waals surface area contributed by atoms with Gasteiger partial charge in [-0.05, 0) is 12.5 Å². The Hall–Kier alpha value is -0.750. The quantitative estimate of drug-likeness (QED) is 0.722. The number of amides is 1. The molecule has 5 nitrogen and oxygen atoms in total. The first-order chi connectivity index (χ1) is 8.11. The molecule has 17 heavy (non-hydrogen) atoms. The lowest BCUT2D eigenvalue weighted by Crippen LogP contribution is -2.53. The Morgan fingerprint density at radius 3 is 2.76 bits per heavy atom. The minimum atomic E-state index is -0.885. The minimum Gasteiger partial charge on any atom is -0.480 e. The van der Waals surface area contributed by atoms with Crippen LogP contribution in [0.5, 0.6) is 0 Å². The standard InChI is InChI=1S/C11H18N2O3S/c1-7-4-12-5-8(7)10(14)13-2-3-17-6-9(13)11(15)16/h7-9,12H,2-6H2,1H3,(H,15,16)/t7-,8-,9?/m1/s1. The van der Waals surface area contributed by atoms with Gasteiger partial charge < -0.3 is 15.3 Å². The van der Waals surface area contributed by atoms with Crippen molar-refractivity contribution in [2.45, 2.75) is 13.0 Å². The molecule has 2 aliphatic heterocycles. The van der Waals surface area contributed by atoms with Crippen molar-refractivity contribution in [3.63, 3.8) is 0 Å². The van der Waals surface area contributed by atoms with Crippen molar-refractivity contribution in [2.75, 3.05) is 31.1 Å². The van der Waals surface area contributed by atoms with E-state index in [9.17, 15) is 9.59 Å². The van der Waals surface area contributed by atoms with Crippen LogP contribution < -0.4 is 5.32 Å². The number of carbonyl (C=O) groups is 2. The van der Waals surface area contributed by atoms with Crippen molar-refractivity contribution < 1.29 is 14.7 Å². The molecular weight excluding hydrogens is 240 g/mol. The van der Waals surface area contributed by atoms with Gasteiger partial charge in [0.2, 0.25) is 5.91 Å². The van der Waals surface area contributed by atoms with Crippen LogP contribution in [0.4, 0.5) is 0 Å². The molecule has 1 amide bonds. The van der Waals surface area contributed by atoms with Gasteiger partial charge in [-0.15, -0.1) is 0 Å². The molecule has 2 aliphatic rings. The van der Waals surface area contributed by atoms with E-state index in [1.165, 1.54) is 0 Å². The van der Waals surface area contributed by atoms with Crippen LogP contribution in [-0.4, -0.2) is 59.1 Å². The molecule has 0 bridgehead atoms. The number of rotatable bonds is 2. The van der Waals surface area contributed by atoms with E-state index in [4.69, 9.17) is 5.11 Å². The van der Waals surface area contributed by atoms with Gasteiger partial charge in [0.1, 0.15) is 6.04 Å². The molecule has 0 aromatic heterocycles. The lowest BCUT2D eigenvalue weighted by Gasteiger charge is -2.35. The number of carboxylic acids is 1. The Morgan fingerprint density at radius 2 is 2.18 bits per heavy atom. The lowest BCUT2D eigenvalue weighted by atomic mass is 9.96. The van der Waals surface area contributed by atoms with E-state index in [1.54, 1.807) is 16.7 Å². The predicted octanol–water partition coefficient (Wildman–Crippen LogP) is -0.129. The number of aliphatic carboxylic acids is 1. The normalized spacial score (nSPS) is 33.7. The highest BCUT2D eigenvalue weighted by molar-refractivity contribution is 7.99. The SMILES string of the molecule is C[C@@H]1CNC[C@H]1C(=O)N1CCSCC1C(=O)O. The second-order valence-electron chi connectivity index (χ2n) is 4.70. The van der Waals surface area contributed by atoms with Crippen molar-refractivity contribution in [3.05, 3.63) is 0 Å². The molecule has 0 radical (unpaired) electrons. The molecule has 0 aromatic carbocycles. The summed E-state index contributed by atoms with van der Waals surface area (Å²) in [7, 11) is 0. The van der Waals surface area contributed by atoms with Crippen LogP contribution >= 0.6 is 11.8 Å². The highest BCUT2D eigenvalue weighted by Crippen LogP contribution is 2.24. The number of hydrogen-bond donors (Lipinski definition) is 2. The molecule has 0 aromatic rings. The van der Waals surface area contributed by atoms with Gasteiger partial charge in [0.15, 0.2) is 0 Å². The monoisotopic (exact) mass is 258 g/mol. The average Bonchev–Trinajstić information content (AvgIpc) is 2.74. The third-order valence-electron chi connectivity index (χ3n) is 3.53. The molecule has 3 atom stereocenters. The Labute approximate surface area is 105 Å². The summed E-state index contributed by atoms with van der Waals surface area (Å²) < 4.78 is 0. The van der Waals surface area contributed by atoms with E-state index in [-0.39, 0.29) is 11.8 Å². The zero-order chi connectivity index (χ0) is 12.4. The van der Waals surface area contributed by atoms with Crippen LogP contribution in [0, 0.1) is 11.8 Å². The smallest absolute Gasteiger partial charge is 0.327 e. The van der Waals surface area contributed by atoms with Crippen LogP contribution in [-0.2, 0) is 9.59 Å². The van der Waals surface area contributed by atoms with Gasteiger partial charge in [-0.1, -0.05) is 6.92 Å². The van der Waals surface area contributed by atoms with Crippen LogP contribution in [0.1, 0.15) is 6.92 Å². The molecule has 2 heterocycles. The van der Waals surface area contributed by atoms with Gasteiger partial charge >= 0.3 is 5.97 Å². The summed E-state index contributed by atoms with van der Waals surface area (Å²) in [5.74, 6) is 0.713. The maximum atomic E-state index is 12.3. The Morgan fingerprint density at radius 1 is 1.41 bits per heavy atom. The summed E-state index contributed by atoms with van der Waals surface area (Å²) in [6, 6.07) is -0.644. The molecule has 0 saturated carbocycles. The van der Waals surface area contributed by atoms with E-state index in [2.05, 4.69) is 5.32 Å². The molecule has 96 valence electrons. The number of nitrogens with one attached hydrogen (secondary N) is 1. The number of carbonyl (C=O) groups excluding carboxylic acids is 1. The maximum Gasteiger partial charge on any atom is 0.327 e. The zero-order valence-corrected chi connectivity index (χ0v) is 10.7. The highest BCUT2D eigenvalue weighted by atomic mass is 32.2. The van der Waals surface area contributed by atoms with Crippen LogP contribution in [0.25, 0.3) is 0 Å². The molecule has 0 spiro atoms. The van der Waals surface area contributed by atoms with E-state index in [0.717, 1.165) is 12.3 Å². The summed E-state index contributed by atoms with van der Waals surface area (Å²) in [5.41, 5.74) is 0. The minimum absolute atomic E-state index is 0.00944. The summed E-state index contributed by atoms with van der Waals surface area (Å²) in [4.78, 5) is 25.0. The molecule has 2 fully saturated rings. The zero-order valence-electron chi connectivity index (χ0n) is 9.89. The molecule has 6 heteroatoms. The van der Waals surface area contributed by atoms with E-state index in [1.807, 2.05) is 6.92 Å². The second-order valence-corrected chi connectivity index (χ2v) is 5.85. The van der Waals surface area contributed by atoms with Crippen LogP contribution in [0.3, 0.4) is 0 Å². The van der Waals surface area contributed by atoms with E-state index < -0.39 is 12.0 Å². The third-order valence-corrected chi connectivity index (χ3v) is 4.55. The van der Waals surface area contributed by atoms with Crippen molar-refractivity contribution >= 4 is 23.6 Å². The first-order valence-electron chi connectivity index (χ1n) is 5.93.